The van der Waals surface area contributed by atoms with Crippen LogP contribution in [0.4, 0.5) is 0 Å². The van der Waals surface area contributed by atoms with Crippen LogP contribution in [0.25, 0.3) is 0 Å². The smallest absolute Gasteiger partial charge is 0.305 e. The molecule has 0 saturated carbocycles. The van der Waals surface area contributed by atoms with E-state index < -0.39 is 0 Å². The third-order valence-corrected chi connectivity index (χ3v) is 2.76. The highest BCUT2D eigenvalue weighted by Gasteiger charge is 2.12. The van der Waals surface area contributed by atoms with Gasteiger partial charge in [-0.15, -0.1) is 0 Å². The molecule has 0 spiro atoms. The van der Waals surface area contributed by atoms with E-state index in [1.165, 1.54) is 7.11 Å². The number of carbonyl (C=O) groups is 1. The molecule has 1 atom stereocenters. The molecule has 0 amide bonds. The molecule has 2 N–H and O–H groups in total. The Balaban J connectivity index is 2.68. The quantitative estimate of drug-likeness (QED) is 0.795. The molecule has 1 aromatic rings. The maximum absolute atomic E-state index is 11.0. The van der Waals surface area contributed by atoms with E-state index in [1.807, 2.05) is 25.1 Å². The Kier molecular flexibility index (Phi) is 4.97. The number of nitrogens with two attached hydrogens (primary N) is 1. The molecule has 0 aliphatic rings. The molecule has 1 rings (SSSR count). The Morgan fingerprint density at radius 1 is 1.41 bits per heavy atom. The van der Waals surface area contributed by atoms with Gasteiger partial charge in [0.05, 0.1) is 14.2 Å². The average molecular weight is 237 g/mol. The molecule has 0 radical (unpaired) electrons. The zero-order valence-corrected chi connectivity index (χ0v) is 10.5. The number of aryl methyl sites for hydroxylation is 1. The van der Waals surface area contributed by atoms with Crippen LogP contribution in [0.1, 0.15) is 30.0 Å². The molecular formula is C13H19NO3. The lowest BCUT2D eigenvalue weighted by Crippen LogP contribution is -2.14. The van der Waals surface area contributed by atoms with Gasteiger partial charge >= 0.3 is 5.97 Å². The second-order valence-corrected chi connectivity index (χ2v) is 3.94. The Morgan fingerprint density at radius 2 is 2.12 bits per heavy atom. The van der Waals surface area contributed by atoms with E-state index >= 15 is 0 Å². The van der Waals surface area contributed by atoms with Crippen molar-refractivity contribution in [2.45, 2.75) is 25.8 Å². The second kappa shape index (κ2) is 6.25. The molecule has 4 nitrogen and oxygen atoms in total. The Hall–Kier alpha value is -1.55. The fraction of sp³-hybridized carbons (Fsp3) is 0.462. The number of methoxy groups -OCH3 is 2. The first-order valence-electron chi connectivity index (χ1n) is 5.55. The van der Waals surface area contributed by atoms with Crippen LogP contribution in [0.15, 0.2) is 18.2 Å². The van der Waals surface area contributed by atoms with E-state index in [0.29, 0.717) is 12.8 Å². The van der Waals surface area contributed by atoms with Gasteiger partial charge in [0.15, 0.2) is 0 Å². The summed E-state index contributed by atoms with van der Waals surface area (Å²) in [6.45, 7) is 1.98. The van der Waals surface area contributed by atoms with Gasteiger partial charge < -0.3 is 15.2 Å². The van der Waals surface area contributed by atoms with Crippen molar-refractivity contribution in [1.82, 2.24) is 0 Å². The van der Waals surface area contributed by atoms with Crippen molar-refractivity contribution in [2.24, 2.45) is 5.73 Å². The molecule has 0 aliphatic heterocycles. The summed E-state index contributed by atoms with van der Waals surface area (Å²) < 4.78 is 9.72. The third-order valence-electron chi connectivity index (χ3n) is 2.76. The van der Waals surface area contributed by atoms with Gasteiger partial charge in [0.1, 0.15) is 5.75 Å². The van der Waals surface area contributed by atoms with Crippen LogP contribution in [-0.2, 0) is 9.53 Å². The maximum atomic E-state index is 11.0. The van der Waals surface area contributed by atoms with E-state index in [4.69, 9.17) is 10.5 Å². The van der Waals surface area contributed by atoms with Crippen molar-refractivity contribution in [3.05, 3.63) is 29.3 Å². The van der Waals surface area contributed by atoms with Gasteiger partial charge in [-0.3, -0.25) is 4.79 Å². The van der Waals surface area contributed by atoms with Crippen molar-refractivity contribution in [2.75, 3.05) is 14.2 Å². The summed E-state index contributed by atoms with van der Waals surface area (Å²) in [5, 5.41) is 0. The molecule has 1 unspecified atom stereocenters. The molecule has 0 saturated heterocycles. The largest absolute Gasteiger partial charge is 0.497 e. The molecule has 0 aromatic heterocycles. The average Bonchev–Trinajstić information content (AvgIpc) is 2.35. The van der Waals surface area contributed by atoms with Gasteiger partial charge in [-0.2, -0.15) is 0 Å². The molecular weight excluding hydrogens is 218 g/mol. The van der Waals surface area contributed by atoms with Crippen LogP contribution in [0.3, 0.4) is 0 Å². The van der Waals surface area contributed by atoms with E-state index in [0.717, 1.165) is 16.9 Å². The molecule has 0 aliphatic carbocycles. The van der Waals surface area contributed by atoms with Gasteiger partial charge in [0.25, 0.3) is 0 Å². The van der Waals surface area contributed by atoms with Gasteiger partial charge in [0, 0.05) is 12.5 Å². The molecule has 0 fully saturated rings. The molecule has 17 heavy (non-hydrogen) atoms. The van der Waals surface area contributed by atoms with Crippen LogP contribution >= 0.6 is 0 Å². The predicted octanol–water partition coefficient (Wildman–Crippen LogP) is 1.96. The zero-order chi connectivity index (χ0) is 12.8. The highest BCUT2D eigenvalue weighted by molar-refractivity contribution is 5.69. The third kappa shape index (κ3) is 3.75. The van der Waals surface area contributed by atoms with E-state index in [9.17, 15) is 4.79 Å². The van der Waals surface area contributed by atoms with Gasteiger partial charge in [-0.1, -0.05) is 6.07 Å². The first kappa shape index (κ1) is 13.5. The number of carbonyl (C=O) groups excluding carboxylic acids is 1. The maximum Gasteiger partial charge on any atom is 0.305 e. The number of ether oxygens (including phenoxy) is 2. The van der Waals surface area contributed by atoms with Crippen LogP contribution in [-0.4, -0.2) is 20.2 Å². The topological polar surface area (TPSA) is 61.5 Å². The SMILES string of the molecule is COC(=O)CCC(N)c1ccc(OC)cc1C. The van der Waals surface area contributed by atoms with Gasteiger partial charge in [0.2, 0.25) is 0 Å². The summed E-state index contributed by atoms with van der Waals surface area (Å²) >= 11 is 0. The molecule has 4 heteroatoms. The first-order valence-corrected chi connectivity index (χ1v) is 5.55. The number of benzene rings is 1. The lowest BCUT2D eigenvalue weighted by atomic mass is 9.98. The minimum atomic E-state index is -0.230. The summed E-state index contributed by atoms with van der Waals surface area (Å²) in [5.41, 5.74) is 8.15. The summed E-state index contributed by atoms with van der Waals surface area (Å²) in [4.78, 5) is 11.0. The van der Waals surface area contributed by atoms with Gasteiger partial charge in [-0.05, 0) is 36.6 Å². The number of hydrogen-bond acceptors (Lipinski definition) is 4. The van der Waals surface area contributed by atoms with E-state index in [1.54, 1.807) is 7.11 Å². The number of esters is 1. The molecule has 1 aromatic carbocycles. The number of rotatable bonds is 5. The minimum absolute atomic E-state index is 0.153. The standard InChI is InChI=1S/C13H19NO3/c1-9-8-10(16-2)4-5-11(9)12(14)6-7-13(15)17-3/h4-5,8,12H,6-7,14H2,1-3H3. The van der Waals surface area contributed by atoms with Crippen molar-refractivity contribution >= 4 is 5.97 Å². The number of hydrogen-bond donors (Lipinski definition) is 1. The Bertz CT molecular complexity index is 390. The molecule has 0 bridgehead atoms. The first-order chi connectivity index (χ1) is 8.08. The predicted molar refractivity (Wildman–Crippen MR) is 65.9 cm³/mol. The lowest BCUT2D eigenvalue weighted by molar-refractivity contribution is -0.140. The van der Waals surface area contributed by atoms with Crippen molar-refractivity contribution in [3.63, 3.8) is 0 Å². The summed E-state index contributed by atoms with van der Waals surface area (Å²) in [7, 11) is 3.01. The Labute approximate surface area is 102 Å². The Morgan fingerprint density at radius 3 is 2.65 bits per heavy atom. The highest BCUT2D eigenvalue weighted by Crippen LogP contribution is 2.23. The fourth-order valence-corrected chi connectivity index (χ4v) is 1.72. The van der Waals surface area contributed by atoms with Crippen LogP contribution < -0.4 is 10.5 Å². The minimum Gasteiger partial charge on any atom is -0.497 e. The summed E-state index contributed by atoms with van der Waals surface area (Å²) in [6.07, 6.45) is 0.920. The summed E-state index contributed by atoms with van der Waals surface area (Å²) in [5.74, 6) is 0.582. The van der Waals surface area contributed by atoms with Crippen molar-refractivity contribution < 1.29 is 14.3 Å². The lowest BCUT2D eigenvalue weighted by Gasteiger charge is -2.15. The zero-order valence-electron chi connectivity index (χ0n) is 10.5. The summed E-state index contributed by atoms with van der Waals surface area (Å²) in [6, 6.07) is 5.60. The van der Waals surface area contributed by atoms with E-state index in [2.05, 4.69) is 4.74 Å². The normalized spacial score (nSPS) is 12.0. The fourth-order valence-electron chi connectivity index (χ4n) is 1.72. The van der Waals surface area contributed by atoms with Crippen molar-refractivity contribution in [1.29, 1.82) is 0 Å². The monoisotopic (exact) mass is 237 g/mol. The van der Waals surface area contributed by atoms with Crippen molar-refractivity contribution in [3.8, 4) is 5.75 Å². The van der Waals surface area contributed by atoms with E-state index in [-0.39, 0.29) is 12.0 Å². The highest BCUT2D eigenvalue weighted by atomic mass is 16.5. The second-order valence-electron chi connectivity index (χ2n) is 3.94. The van der Waals surface area contributed by atoms with Crippen LogP contribution in [0.2, 0.25) is 0 Å². The molecule has 0 heterocycles. The molecule has 94 valence electrons. The van der Waals surface area contributed by atoms with Crippen LogP contribution in [0.5, 0.6) is 5.75 Å². The van der Waals surface area contributed by atoms with Gasteiger partial charge in [-0.25, -0.2) is 0 Å². The van der Waals surface area contributed by atoms with Crippen LogP contribution in [0, 0.1) is 6.92 Å².